The molecule has 4 nitrogen and oxygen atoms in total. The fraction of sp³-hybridized carbons (Fsp3) is 0.938. The van der Waals surface area contributed by atoms with Gasteiger partial charge >= 0.3 is 6.18 Å². The lowest BCUT2D eigenvalue weighted by atomic mass is 9.88. The van der Waals surface area contributed by atoms with E-state index in [2.05, 4.69) is 0 Å². The molecule has 6 atom stereocenters. The van der Waals surface area contributed by atoms with Gasteiger partial charge in [0.05, 0.1) is 18.6 Å². The molecular formula is C16H24F3NO3. The summed E-state index contributed by atoms with van der Waals surface area (Å²) in [5.41, 5.74) is 0. The highest BCUT2D eigenvalue weighted by Gasteiger charge is 2.48. The van der Waals surface area contributed by atoms with Crippen LogP contribution in [-0.2, 0) is 9.53 Å². The number of aliphatic hydroxyl groups excluding tert-OH is 1. The monoisotopic (exact) mass is 335 g/mol. The zero-order valence-electron chi connectivity index (χ0n) is 13.3. The maximum absolute atomic E-state index is 12.8. The summed E-state index contributed by atoms with van der Waals surface area (Å²) in [7, 11) is 0. The number of halogens is 3. The first-order valence-electron chi connectivity index (χ1n) is 8.48. The molecule has 2 bridgehead atoms. The summed E-state index contributed by atoms with van der Waals surface area (Å²) in [6, 6.07) is 0.0407. The number of rotatable bonds is 2. The Balaban J connectivity index is 1.61. The van der Waals surface area contributed by atoms with Crippen molar-refractivity contribution < 1.29 is 27.8 Å². The van der Waals surface area contributed by atoms with Gasteiger partial charge in [-0.3, -0.25) is 4.79 Å². The van der Waals surface area contributed by atoms with Gasteiger partial charge in [0.1, 0.15) is 0 Å². The average Bonchev–Trinajstić information content (AvgIpc) is 2.83. The predicted molar refractivity (Wildman–Crippen MR) is 76.6 cm³/mol. The Morgan fingerprint density at radius 2 is 2.00 bits per heavy atom. The van der Waals surface area contributed by atoms with E-state index < -0.39 is 24.5 Å². The van der Waals surface area contributed by atoms with Gasteiger partial charge in [-0.05, 0) is 38.5 Å². The largest absolute Gasteiger partial charge is 0.414 e. The van der Waals surface area contributed by atoms with Crippen LogP contribution in [-0.4, -0.2) is 52.5 Å². The fourth-order valence-corrected chi connectivity index (χ4v) is 4.39. The Hall–Kier alpha value is -0.820. The second-order valence-corrected chi connectivity index (χ2v) is 7.19. The van der Waals surface area contributed by atoms with Gasteiger partial charge in [-0.15, -0.1) is 0 Å². The summed E-state index contributed by atoms with van der Waals surface area (Å²) < 4.78 is 43.5. The standard InChI is InChI=1S/C16H24F3NO3/c1-9-12-6-5-10(7-13(9)21)20(12)15(22)8-11-3-2-4-14(23-11)16(17,18)19/h9-14,21H,2-8H2,1H3. The van der Waals surface area contributed by atoms with Crippen molar-refractivity contribution in [1.82, 2.24) is 4.90 Å². The van der Waals surface area contributed by atoms with Crippen molar-refractivity contribution in [2.45, 2.75) is 88.4 Å². The molecule has 3 heterocycles. The fourth-order valence-electron chi connectivity index (χ4n) is 4.39. The van der Waals surface area contributed by atoms with Gasteiger partial charge < -0.3 is 14.7 Å². The minimum Gasteiger partial charge on any atom is -0.393 e. The Bertz CT molecular complexity index is 456. The number of fused-ring (bicyclic) bond motifs is 2. The summed E-state index contributed by atoms with van der Waals surface area (Å²) in [6.07, 6.45) is -3.91. The van der Waals surface area contributed by atoms with Crippen LogP contribution >= 0.6 is 0 Å². The molecule has 0 aromatic carbocycles. The van der Waals surface area contributed by atoms with Crippen LogP contribution in [0.15, 0.2) is 0 Å². The van der Waals surface area contributed by atoms with Crippen molar-refractivity contribution in [2.75, 3.05) is 0 Å². The summed E-state index contributed by atoms with van der Waals surface area (Å²) in [5.74, 6) is -0.100. The summed E-state index contributed by atoms with van der Waals surface area (Å²) in [6.45, 7) is 1.94. The number of carbonyl (C=O) groups excluding carboxylic acids is 1. The summed E-state index contributed by atoms with van der Waals surface area (Å²) >= 11 is 0. The van der Waals surface area contributed by atoms with E-state index in [1.54, 1.807) is 0 Å². The van der Waals surface area contributed by atoms with Crippen LogP contribution in [0.25, 0.3) is 0 Å². The van der Waals surface area contributed by atoms with E-state index in [-0.39, 0.29) is 36.8 Å². The lowest BCUT2D eigenvalue weighted by molar-refractivity contribution is -0.246. The first-order valence-corrected chi connectivity index (χ1v) is 8.48. The highest BCUT2D eigenvalue weighted by atomic mass is 19.4. The highest BCUT2D eigenvalue weighted by molar-refractivity contribution is 5.78. The van der Waals surface area contributed by atoms with Crippen LogP contribution in [0.3, 0.4) is 0 Å². The van der Waals surface area contributed by atoms with Crippen LogP contribution in [0, 0.1) is 5.92 Å². The summed E-state index contributed by atoms with van der Waals surface area (Å²) in [5, 5.41) is 10.0. The molecule has 1 amide bonds. The number of piperidine rings is 1. The zero-order valence-corrected chi connectivity index (χ0v) is 13.3. The molecule has 6 unspecified atom stereocenters. The van der Waals surface area contributed by atoms with Crippen LogP contribution < -0.4 is 0 Å². The quantitative estimate of drug-likeness (QED) is 0.844. The number of carbonyl (C=O) groups is 1. The highest BCUT2D eigenvalue weighted by Crippen LogP contribution is 2.40. The first-order chi connectivity index (χ1) is 10.8. The number of nitrogens with zero attached hydrogens (tertiary/aromatic N) is 1. The molecule has 1 N–H and O–H groups in total. The Labute approximate surface area is 134 Å². The third-order valence-corrected chi connectivity index (χ3v) is 5.68. The minimum absolute atomic E-state index is 0.0123. The van der Waals surface area contributed by atoms with E-state index in [4.69, 9.17) is 4.74 Å². The van der Waals surface area contributed by atoms with Crippen molar-refractivity contribution >= 4 is 5.91 Å². The van der Waals surface area contributed by atoms with Crippen molar-refractivity contribution in [3.05, 3.63) is 0 Å². The van der Waals surface area contributed by atoms with Crippen molar-refractivity contribution in [3.8, 4) is 0 Å². The molecule has 0 aliphatic carbocycles. The molecule has 23 heavy (non-hydrogen) atoms. The van der Waals surface area contributed by atoms with Gasteiger partial charge in [-0.1, -0.05) is 6.92 Å². The van der Waals surface area contributed by atoms with Gasteiger partial charge in [-0.25, -0.2) is 0 Å². The molecule has 7 heteroatoms. The number of alkyl halides is 3. The van der Waals surface area contributed by atoms with Crippen molar-refractivity contribution in [1.29, 1.82) is 0 Å². The maximum Gasteiger partial charge on any atom is 0.414 e. The van der Waals surface area contributed by atoms with E-state index in [0.29, 0.717) is 19.3 Å². The van der Waals surface area contributed by atoms with Gasteiger partial charge in [0.2, 0.25) is 5.91 Å². The smallest absolute Gasteiger partial charge is 0.393 e. The Morgan fingerprint density at radius 1 is 1.26 bits per heavy atom. The SMILES string of the molecule is CC1C(O)CC2CCC1N2C(=O)CC1CCCC(C(F)(F)F)O1. The third-order valence-electron chi connectivity index (χ3n) is 5.68. The van der Waals surface area contributed by atoms with Crippen LogP contribution in [0.5, 0.6) is 0 Å². The molecule has 3 saturated heterocycles. The van der Waals surface area contributed by atoms with Crippen molar-refractivity contribution in [3.63, 3.8) is 0 Å². The van der Waals surface area contributed by atoms with Gasteiger partial charge in [-0.2, -0.15) is 13.2 Å². The third kappa shape index (κ3) is 3.36. The van der Waals surface area contributed by atoms with Crippen LogP contribution in [0.4, 0.5) is 13.2 Å². The number of hydrogen-bond acceptors (Lipinski definition) is 3. The summed E-state index contributed by atoms with van der Waals surface area (Å²) in [4.78, 5) is 14.4. The molecule has 0 saturated carbocycles. The minimum atomic E-state index is -4.36. The average molecular weight is 335 g/mol. The number of ether oxygens (including phenoxy) is 1. The van der Waals surface area contributed by atoms with E-state index in [0.717, 1.165) is 12.8 Å². The number of amides is 1. The van der Waals surface area contributed by atoms with Crippen LogP contribution in [0.1, 0.15) is 51.9 Å². The molecule has 3 aliphatic heterocycles. The second-order valence-electron chi connectivity index (χ2n) is 7.19. The van der Waals surface area contributed by atoms with Gasteiger partial charge in [0, 0.05) is 18.0 Å². The molecule has 132 valence electrons. The molecule has 0 aromatic rings. The van der Waals surface area contributed by atoms with E-state index in [1.165, 1.54) is 0 Å². The predicted octanol–water partition coefficient (Wildman–Crippen LogP) is 2.64. The van der Waals surface area contributed by atoms with E-state index in [9.17, 15) is 23.1 Å². The molecule has 3 fully saturated rings. The van der Waals surface area contributed by atoms with E-state index >= 15 is 0 Å². The molecule has 0 spiro atoms. The number of aliphatic hydroxyl groups is 1. The molecule has 0 aromatic heterocycles. The maximum atomic E-state index is 12.8. The van der Waals surface area contributed by atoms with E-state index in [1.807, 2.05) is 11.8 Å². The second kappa shape index (κ2) is 6.24. The van der Waals surface area contributed by atoms with Crippen LogP contribution in [0.2, 0.25) is 0 Å². The van der Waals surface area contributed by atoms with Gasteiger partial charge in [0.15, 0.2) is 6.10 Å². The normalized spacial score (nSPS) is 41.2. The molecular weight excluding hydrogens is 311 g/mol. The first kappa shape index (κ1) is 17.0. The van der Waals surface area contributed by atoms with Gasteiger partial charge in [0.25, 0.3) is 0 Å². The number of hydrogen-bond donors (Lipinski definition) is 1. The molecule has 3 aliphatic rings. The zero-order chi connectivity index (χ0) is 16.8. The molecule has 3 rings (SSSR count). The lowest BCUT2D eigenvalue weighted by Gasteiger charge is -2.42. The lowest BCUT2D eigenvalue weighted by Crippen LogP contribution is -2.53. The Morgan fingerprint density at radius 3 is 2.70 bits per heavy atom. The molecule has 0 radical (unpaired) electrons. The van der Waals surface area contributed by atoms with Crippen molar-refractivity contribution in [2.24, 2.45) is 5.92 Å². The Kier molecular flexibility index (Phi) is 4.62. The topological polar surface area (TPSA) is 49.8 Å².